The van der Waals surface area contributed by atoms with Gasteiger partial charge in [-0.2, -0.15) is 8.78 Å². The average Bonchev–Trinajstić information content (AvgIpc) is 2.38. The number of aliphatic hydroxyl groups excluding tert-OH is 1. The van der Waals surface area contributed by atoms with Gasteiger partial charge < -0.3 is 9.84 Å². The minimum atomic E-state index is -2.88. The van der Waals surface area contributed by atoms with Crippen LogP contribution in [0.5, 0.6) is 5.75 Å². The Kier molecular flexibility index (Phi) is 4.06. The van der Waals surface area contributed by atoms with Crippen molar-refractivity contribution >= 4 is 0 Å². The highest BCUT2D eigenvalue weighted by molar-refractivity contribution is 5.34. The van der Waals surface area contributed by atoms with E-state index in [1.54, 1.807) is 30.5 Å². The van der Waals surface area contributed by atoms with Crippen LogP contribution >= 0.6 is 0 Å². The van der Waals surface area contributed by atoms with Crippen LogP contribution in [0.25, 0.3) is 0 Å². The first-order chi connectivity index (χ1) is 9.06. The number of nitrogens with zero attached hydrogens (tertiary/aromatic N) is 1. The molecule has 19 heavy (non-hydrogen) atoms. The van der Waals surface area contributed by atoms with Gasteiger partial charge >= 0.3 is 6.61 Å². The van der Waals surface area contributed by atoms with Gasteiger partial charge in [0.15, 0.2) is 0 Å². The molecular weight excluding hydrogens is 252 g/mol. The summed E-state index contributed by atoms with van der Waals surface area (Å²) in [5.74, 6) is 0.0200. The molecule has 0 radical (unpaired) electrons. The van der Waals surface area contributed by atoms with Crippen molar-refractivity contribution in [1.82, 2.24) is 4.98 Å². The van der Waals surface area contributed by atoms with Crippen molar-refractivity contribution in [3.05, 3.63) is 59.4 Å². The summed E-state index contributed by atoms with van der Waals surface area (Å²) in [6.45, 7) is -1.04. The zero-order valence-corrected chi connectivity index (χ0v) is 10.3. The summed E-state index contributed by atoms with van der Waals surface area (Å²) in [6.07, 6.45) is 0.634. The molecule has 1 atom stereocenters. The molecule has 100 valence electrons. The van der Waals surface area contributed by atoms with Gasteiger partial charge in [0.1, 0.15) is 11.9 Å². The van der Waals surface area contributed by atoms with E-state index in [1.165, 1.54) is 12.1 Å². The fourth-order valence-electron chi connectivity index (χ4n) is 1.69. The number of pyridine rings is 1. The predicted molar refractivity (Wildman–Crippen MR) is 66.1 cm³/mol. The normalized spacial score (nSPS) is 12.5. The van der Waals surface area contributed by atoms with Crippen molar-refractivity contribution in [2.24, 2.45) is 0 Å². The summed E-state index contributed by atoms with van der Waals surface area (Å²) in [5, 5.41) is 10.2. The Labute approximate surface area is 109 Å². The molecule has 0 fully saturated rings. The first-order valence-corrected chi connectivity index (χ1v) is 5.71. The topological polar surface area (TPSA) is 42.4 Å². The van der Waals surface area contributed by atoms with Gasteiger partial charge in [0.2, 0.25) is 0 Å². The van der Waals surface area contributed by atoms with E-state index in [9.17, 15) is 13.9 Å². The molecule has 0 aliphatic rings. The lowest BCUT2D eigenvalue weighted by atomic mass is 10.0. The number of alkyl halides is 2. The van der Waals surface area contributed by atoms with E-state index >= 15 is 0 Å². The smallest absolute Gasteiger partial charge is 0.387 e. The summed E-state index contributed by atoms with van der Waals surface area (Å²) in [7, 11) is 0. The third-order valence-electron chi connectivity index (χ3n) is 2.65. The van der Waals surface area contributed by atoms with Gasteiger partial charge in [0.05, 0.1) is 0 Å². The summed E-state index contributed by atoms with van der Waals surface area (Å²) in [6, 6.07) is 9.51. The third-order valence-corrected chi connectivity index (χ3v) is 2.65. The first-order valence-electron chi connectivity index (χ1n) is 5.71. The second-order valence-corrected chi connectivity index (χ2v) is 4.09. The second kappa shape index (κ2) is 5.75. The number of benzene rings is 1. The van der Waals surface area contributed by atoms with E-state index in [4.69, 9.17) is 0 Å². The fraction of sp³-hybridized carbons (Fsp3) is 0.214. The number of aryl methyl sites for hydroxylation is 1. The molecule has 5 heteroatoms. The van der Waals surface area contributed by atoms with Gasteiger partial charge in [-0.3, -0.25) is 4.98 Å². The molecule has 2 aromatic rings. The van der Waals surface area contributed by atoms with E-state index in [2.05, 4.69) is 9.72 Å². The van der Waals surface area contributed by atoms with Crippen molar-refractivity contribution in [2.75, 3.05) is 0 Å². The fourth-order valence-corrected chi connectivity index (χ4v) is 1.69. The monoisotopic (exact) mass is 265 g/mol. The molecule has 1 unspecified atom stereocenters. The summed E-state index contributed by atoms with van der Waals surface area (Å²) in [4.78, 5) is 4.09. The number of hydrogen-bond donors (Lipinski definition) is 1. The Bertz CT molecular complexity index is 543. The molecule has 0 bridgehead atoms. The highest BCUT2D eigenvalue weighted by atomic mass is 19.3. The van der Waals surface area contributed by atoms with Crippen LogP contribution in [0.2, 0.25) is 0 Å². The molecule has 0 spiro atoms. The molecular formula is C14H13F2NO2. The van der Waals surface area contributed by atoms with Crippen LogP contribution in [0.4, 0.5) is 8.78 Å². The molecule has 1 N–H and O–H groups in total. The molecule has 2 rings (SSSR count). The summed E-state index contributed by atoms with van der Waals surface area (Å²) in [5.41, 5.74) is 1.91. The summed E-state index contributed by atoms with van der Waals surface area (Å²) >= 11 is 0. The Morgan fingerprint density at radius 1 is 1.16 bits per heavy atom. The van der Waals surface area contributed by atoms with Gasteiger partial charge in [-0.25, -0.2) is 0 Å². The lowest BCUT2D eigenvalue weighted by Crippen LogP contribution is -2.04. The highest BCUT2D eigenvalue weighted by Gasteiger charge is 2.12. The summed E-state index contributed by atoms with van der Waals surface area (Å²) < 4.78 is 28.6. The van der Waals surface area contributed by atoms with Gasteiger partial charge in [-0.15, -0.1) is 0 Å². The number of aliphatic hydroxyl groups is 1. The van der Waals surface area contributed by atoms with E-state index in [0.717, 1.165) is 5.69 Å². The zero-order chi connectivity index (χ0) is 13.8. The van der Waals surface area contributed by atoms with Crippen LogP contribution < -0.4 is 4.74 Å². The molecule has 1 aromatic carbocycles. The molecule has 3 nitrogen and oxygen atoms in total. The number of ether oxygens (including phenoxy) is 1. The third kappa shape index (κ3) is 3.48. The van der Waals surface area contributed by atoms with Crippen molar-refractivity contribution in [2.45, 2.75) is 19.6 Å². The van der Waals surface area contributed by atoms with Crippen LogP contribution in [-0.4, -0.2) is 16.7 Å². The van der Waals surface area contributed by atoms with Gasteiger partial charge in [-0.05, 0) is 30.7 Å². The largest absolute Gasteiger partial charge is 0.435 e. The van der Waals surface area contributed by atoms with Crippen LogP contribution in [0.3, 0.4) is 0 Å². The Hall–Kier alpha value is -2.01. The van der Waals surface area contributed by atoms with Gasteiger partial charge in [0.25, 0.3) is 0 Å². The lowest BCUT2D eigenvalue weighted by Gasteiger charge is -2.13. The van der Waals surface area contributed by atoms with Crippen molar-refractivity contribution < 1.29 is 18.6 Å². The maximum absolute atomic E-state index is 12.1. The molecule has 1 aromatic heterocycles. The number of halogens is 2. The minimum Gasteiger partial charge on any atom is -0.435 e. The van der Waals surface area contributed by atoms with Crippen molar-refractivity contribution in [1.29, 1.82) is 0 Å². The van der Waals surface area contributed by atoms with Gasteiger partial charge in [0, 0.05) is 17.5 Å². The number of aromatic nitrogens is 1. The van der Waals surface area contributed by atoms with E-state index in [1.807, 2.05) is 6.92 Å². The predicted octanol–water partition coefficient (Wildman–Crippen LogP) is 3.07. The lowest BCUT2D eigenvalue weighted by molar-refractivity contribution is -0.0499. The number of rotatable bonds is 4. The van der Waals surface area contributed by atoms with Crippen LogP contribution in [0, 0.1) is 6.92 Å². The van der Waals surface area contributed by atoms with Crippen molar-refractivity contribution in [3.8, 4) is 5.75 Å². The van der Waals surface area contributed by atoms with Gasteiger partial charge in [-0.1, -0.05) is 18.2 Å². The Balaban J connectivity index is 2.23. The second-order valence-electron chi connectivity index (χ2n) is 4.09. The molecule has 0 saturated carbocycles. The van der Waals surface area contributed by atoms with E-state index in [-0.39, 0.29) is 5.75 Å². The SMILES string of the molecule is Cc1ccc(C(O)c2cccc(OC(F)F)c2)cn1. The van der Waals surface area contributed by atoms with Crippen molar-refractivity contribution in [3.63, 3.8) is 0 Å². The average molecular weight is 265 g/mol. The highest BCUT2D eigenvalue weighted by Crippen LogP contribution is 2.25. The van der Waals surface area contributed by atoms with Crippen LogP contribution in [0.1, 0.15) is 22.9 Å². The molecule has 1 heterocycles. The first kappa shape index (κ1) is 13.4. The number of hydrogen-bond acceptors (Lipinski definition) is 3. The molecule has 0 aliphatic heterocycles. The minimum absolute atomic E-state index is 0.0200. The Morgan fingerprint density at radius 2 is 1.95 bits per heavy atom. The quantitative estimate of drug-likeness (QED) is 0.923. The standard InChI is InChI=1S/C14H13F2NO2/c1-9-5-6-11(8-17-9)13(18)10-3-2-4-12(7-10)19-14(15)16/h2-8,13-14,18H,1H3. The maximum atomic E-state index is 12.1. The van der Waals surface area contributed by atoms with Crippen LogP contribution in [0.15, 0.2) is 42.6 Å². The molecule has 0 saturated heterocycles. The van der Waals surface area contributed by atoms with E-state index < -0.39 is 12.7 Å². The molecule has 0 amide bonds. The Morgan fingerprint density at radius 3 is 2.58 bits per heavy atom. The van der Waals surface area contributed by atoms with Crippen LogP contribution in [-0.2, 0) is 0 Å². The zero-order valence-electron chi connectivity index (χ0n) is 10.3. The molecule has 0 aliphatic carbocycles. The maximum Gasteiger partial charge on any atom is 0.387 e. The van der Waals surface area contributed by atoms with E-state index in [0.29, 0.717) is 11.1 Å².